The molecule has 0 aromatic rings. The van der Waals surface area contributed by atoms with Crippen LogP contribution in [0.1, 0.15) is 40.0 Å². The molecule has 0 aliphatic heterocycles. The average Bonchev–Trinajstić information content (AvgIpc) is 2.35. The van der Waals surface area contributed by atoms with Gasteiger partial charge in [-0.1, -0.05) is 0 Å². The van der Waals surface area contributed by atoms with Gasteiger partial charge in [-0.15, -0.1) is 0 Å². The minimum absolute atomic E-state index is 0.140. The fourth-order valence-corrected chi connectivity index (χ4v) is 1.80. The SMILES string of the molecule is CNCC(=O)N(C(=O)OC(C)(C)C)[C@@H](CCCCN)C(=O)O. The average molecular weight is 317 g/mol. The van der Waals surface area contributed by atoms with Crippen molar-refractivity contribution in [1.82, 2.24) is 10.2 Å². The van der Waals surface area contributed by atoms with Crippen molar-refractivity contribution < 1.29 is 24.2 Å². The summed E-state index contributed by atoms with van der Waals surface area (Å²) in [5, 5.41) is 12.0. The predicted octanol–water partition coefficient (Wildman–Crippen LogP) is 0.552. The van der Waals surface area contributed by atoms with E-state index in [-0.39, 0.29) is 13.0 Å². The number of carbonyl (C=O) groups excluding carboxylic acids is 2. The Bertz CT molecular complexity index is 392. The second-order valence-electron chi connectivity index (χ2n) is 5.91. The molecular weight excluding hydrogens is 290 g/mol. The summed E-state index contributed by atoms with van der Waals surface area (Å²) in [5.41, 5.74) is 4.56. The first-order valence-corrected chi connectivity index (χ1v) is 7.26. The molecular formula is C14H27N3O5. The van der Waals surface area contributed by atoms with Gasteiger partial charge in [0, 0.05) is 0 Å². The lowest BCUT2D eigenvalue weighted by Gasteiger charge is -2.30. The van der Waals surface area contributed by atoms with Crippen LogP contribution in [0.2, 0.25) is 0 Å². The Morgan fingerprint density at radius 3 is 2.27 bits per heavy atom. The number of hydrogen-bond acceptors (Lipinski definition) is 6. The Morgan fingerprint density at radius 1 is 1.27 bits per heavy atom. The van der Waals surface area contributed by atoms with Crippen LogP contribution in [-0.4, -0.2) is 59.8 Å². The fourth-order valence-electron chi connectivity index (χ4n) is 1.80. The summed E-state index contributed by atoms with van der Waals surface area (Å²) >= 11 is 0. The molecule has 0 aromatic heterocycles. The fraction of sp³-hybridized carbons (Fsp3) is 0.786. The van der Waals surface area contributed by atoms with Crippen LogP contribution in [0.4, 0.5) is 4.79 Å². The van der Waals surface area contributed by atoms with E-state index in [4.69, 9.17) is 10.5 Å². The van der Waals surface area contributed by atoms with Crippen molar-refractivity contribution in [2.45, 2.75) is 51.7 Å². The number of nitrogens with two attached hydrogens (primary N) is 1. The summed E-state index contributed by atoms with van der Waals surface area (Å²) in [5.74, 6) is -1.88. The van der Waals surface area contributed by atoms with E-state index >= 15 is 0 Å². The van der Waals surface area contributed by atoms with Gasteiger partial charge >= 0.3 is 12.1 Å². The number of imide groups is 1. The van der Waals surface area contributed by atoms with Gasteiger partial charge in [-0.25, -0.2) is 14.5 Å². The highest BCUT2D eigenvalue weighted by Crippen LogP contribution is 2.16. The van der Waals surface area contributed by atoms with Crippen LogP contribution >= 0.6 is 0 Å². The van der Waals surface area contributed by atoms with E-state index in [0.29, 0.717) is 24.3 Å². The molecule has 8 heteroatoms. The highest BCUT2D eigenvalue weighted by molar-refractivity contribution is 5.97. The van der Waals surface area contributed by atoms with Gasteiger partial charge in [0.1, 0.15) is 11.6 Å². The van der Waals surface area contributed by atoms with Crippen molar-refractivity contribution >= 4 is 18.0 Å². The lowest BCUT2D eigenvalue weighted by atomic mass is 10.1. The number of aliphatic carboxylic acids is 1. The minimum Gasteiger partial charge on any atom is -0.480 e. The molecule has 2 amide bonds. The van der Waals surface area contributed by atoms with E-state index < -0.39 is 29.6 Å². The summed E-state index contributed by atoms with van der Waals surface area (Å²) in [6.45, 7) is 5.21. The molecule has 0 spiro atoms. The molecule has 0 aromatic carbocycles. The number of nitrogens with one attached hydrogen (secondary N) is 1. The van der Waals surface area contributed by atoms with E-state index in [9.17, 15) is 19.5 Å². The number of amides is 2. The molecule has 4 N–H and O–H groups in total. The van der Waals surface area contributed by atoms with Crippen molar-refractivity contribution in [3.8, 4) is 0 Å². The standard InChI is InChI=1S/C14H27N3O5/c1-14(2,3)22-13(21)17(11(18)9-16-4)10(12(19)20)7-5-6-8-15/h10,16H,5-9,15H2,1-4H3,(H,19,20)/t10-/m0/s1. The van der Waals surface area contributed by atoms with Crippen LogP contribution in [0.15, 0.2) is 0 Å². The van der Waals surface area contributed by atoms with Crippen molar-refractivity contribution in [3.63, 3.8) is 0 Å². The molecule has 0 aliphatic rings. The van der Waals surface area contributed by atoms with Crippen molar-refractivity contribution in [2.75, 3.05) is 20.1 Å². The first kappa shape index (κ1) is 20.3. The normalized spacial score (nSPS) is 12.6. The molecule has 128 valence electrons. The van der Waals surface area contributed by atoms with Crippen LogP contribution in [0, 0.1) is 0 Å². The number of hydrogen-bond donors (Lipinski definition) is 3. The smallest absolute Gasteiger partial charge is 0.417 e. The topological polar surface area (TPSA) is 122 Å². The number of likely N-dealkylation sites (N-methyl/N-ethyl adjacent to an activating group) is 1. The van der Waals surface area contributed by atoms with Crippen LogP contribution in [0.5, 0.6) is 0 Å². The third kappa shape index (κ3) is 7.37. The van der Waals surface area contributed by atoms with E-state index in [0.717, 1.165) is 0 Å². The van der Waals surface area contributed by atoms with Gasteiger partial charge in [-0.2, -0.15) is 0 Å². The third-order valence-corrected chi connectivity index (χ3v) is 2.72. The molecule has 1 atom stereocenters. The molecule has 0 heterocycles. The zero-order valence-electron chi connectivity index (χ0n) is 13.7. The van der Waals surface area contributed by atoms with Gasteiger partial charge in [0.25, 0.3) is 0 Å². The van der Waals surface area contributed by atoms with E-state index in [1.165, 1.54) is 7.05 Å². The Kier molecular flexibility index (Phi) is 8.66. The molecule has 0 unspecified atom stereocenters. The third-order valence-electron chi connectivity index (χ3n) is 2.72. The molecule has 0 saturated carbocycles. The first-order valence-electron chi connectivity index (χ1n) is 7.26. The zero-order chi connectivity index (χ0) is 17.3. The lowest BCUT2D eigenvalue weighted by Crippen LogP contribution is -2.52. The number of nitrogens with zero attached hydrogens (tertiary/aromatic N) is 1. The maximum absolute atomic E-state index is 12.2. The molecule has 8 nitrogen and oxygen atoms in total. The summed E-state index contributed by atoms with van der Waals surface area (Å²) in [6, 6.07) is -1.26. The Hall–Kier alpha value is -1.67. The van der Waals surface area contributed by atoms with Crippen molar-refractivity contribution in [3.05, 3.63) is 0 Å². The quantitative estimate of drug-likeness (QED) is 0.559. The molecule has 0 radical (unpaired) electrons. The van der Waals surface area contributed by atoms with Gasteiger partial charge < -0.3 is 20.9 Å². The Morgan fingerprint density at radius 2 is 1.86 bits per heavy atom. The predicted molar refractivity (Wildman–Crippen MR) is 81.3 cm³/mol. The van der Waals surface area contributed by atoms with Gasteiger partial charge in [-0.05, 0) is 53.6 Å². The largest absolute Gasteiger partial charge is 0.480 e. The van der Waals surface area contributed by atoms with Crippen molar-refractivity contribution in [2.24, 2.45) is 5.73 Å². The minimum atomic E-state index is -1.26. The Labute approximate surface area is 131 Å². The second kappa shape index (κ2) is 9.37. The summed E-state index contributed by atoms with van der Waals surface area (Å²) in [4.78, 5) is 36.5. The molecule has 0 rings (SSSR count). The van der Waals surface area contributed by atoms with Gasteiger partial charge in [0.15, 0.2) is 0 Å². The molecule has 0 fully saturated rings. The van der Waals surface area contributed by atoms with E-state index in [1.54, 1.807) is 20.8 Å². The highest BCUT2D eigenvalue weighted by atomic mass is 16.6. The number of carboxylic acids is 1. The molecule has 0 bridgehead atoms. The maximum atomic E-state index is 12.2. The van der Waals surface area contributed by atoms with Gasteiger partial charge in [0.05, 0.1) is 6.54 Å². The monoisotopic (exact) mass is 317 g/mol. The highest BCUT2D eigenvalue weighted by Gasteiger charge is 2.36. The summed E-state index contributed by atoms with van der Waals surface area (Å²) < 4.78 is 5.16. The summed E-state index contributed by atoms with van der Waals surface area (Å²) in [7, 11) is 1.54. The van der Waals surface area contributed by atoms with Crippen LogP contribution in [0.25, 0.3) is 0 Å². The van der Waals surface area contributed by atoms with Crippen LogP contribution in [0.3, 0.4) is 0 Å². The van der Waals surface area contributed by atoms with Crippen LogP contribution < -0.4 is 11.1 Å². The molecule has 0 aliphatic carbocycles. The lowest BCUT2D eigenvalue weighted by molar-refractivity contribution is -0.149. The maximum Gasteiger partial charge on any atom is 0.417 e. The number of carboxylic acid groups (broad SMARTS) is 1. The molecule has 22 heavy (non-hydrogen) atoms. The zero-order valence-corrected chi connectivity index (χ0v) is 13.7. The molecule has 0 saturated heterocycles. The van der Waals surface area contributed by atoms with E-state index in [1.807, 2.05) is 0 Å². The van der Waals surface area contributed by atoms with E-state index in [2.05, 4.69) is 5.32 Å². The number of unbranched alkanes of at least 4 members (excludes halogenated alkanes) is 1. The summed E-state index contributed by atoms with van der Waals surface area (Å²) in [6.07, 6.45) is 0.306. The Balaban J connectivity index is 5.27. The first-order chi connectivity index (χ1) is 10.1. The second-order valence-corrected chi connectivity index (χ2v) is 5.91. The van der Waals surface area contributed by atoms with Crippen LogP contribution in [-0.2, 0) is 14.3 Å². The van der Waals surface area contributed by atoms with Crippen molar-refractivity contribution in [1.29, 1.82) is 0 Å². The number of rotatable bonds is 8. The van der Waals surface area contributed by atoms with Gasteiger partial charge in [0.2, 0.25) is 5.91 Å². The van der Waals surface area contributed by atoms with Gasteiger partial charge in [-0.3, -0.25) is 4.79 Å². The number of ether oxygens (including phenoxy) is 1. The number of carbonyl (C=O) groups is 3.